The Bertz CT molecular complexity index is 573. The van der Waals surface area contributed by atoms with Gasteiger partial charge in [-0.25, -0.2) is 0 Å². The van der Waals surface area contributed by atoms with E-state index in [4.69, 9.17) is 10.4 Å². The van der Waals surface area contributed by atoms with E-state index in [-0.39, 0.29) is 18.0 Å². The molecule has 0 aliphatic carbocycles. The van der Waals surface area contributed by atoms with Crippen LogP contribution in [0.25, 0.3) is 0 Å². The summed E-state index contributed by atoms with van der Waals surface area (Å²) in [5, 5.41) is 28.4. The van der Waals surface area contributed by atoms with Crippen molar-refractivity contribution < 1.29 is 14.8 Å². The van der Waals surface area contributed by atoms with Crippen LogP contribution in [0.4, 0.5) is 11.4 Å². The number of aliphatic carboxylic acids is 1. The van der Waals surface area contributed by atoms with Crippen molar-refractivity contribution in [1.29, 1.82) is 5.26 Å². The molecule has 1 aliphatic rings. The molecule has 1 saturated heterocycles. The van der Waals surface area contributed by atoms with E-state index in [1.807, 2.05) is 6.07 Å². The van der Waals surface area contributed by atoms with Crippen LogP contribution in [0.3, 0.4) is 0 Å². The van der Waals surface area contributed by atoms with E-state index in [1.54, 1.807) is 4.90 Å². The van der Waals surface area contributed by atoms with Gasteiger partial charge in [0.25, 0.3) is 5.69 Å². The highest BCUT2D eigenvalue weighted by atomic mass is 16.6. The SMILES string of the molecule is N#Cc1ccc([N+](=O)[O-])c(N2CC(CC(=O)O)C2)c1. The van der Waals surface area contributed by atoms with Crippen molar-refractivity contribution in [3.05, 3.63) is 33.9 Å². The second kappa shape index (κ2) is 4.94. The molecule has 1 aromatic carbocycles. The zero-order valence-corrected chi connectivity index (χ0v) is 9.94. The number of anilines is 1. The Balaban J connectivity index is 2.19. The highest BCUT2D eigenvalue weighted by molar-refractivity contribution is 5.70. The molecule has 2 rings (SSSR count). The summed E-state index contributed by atoms with van der Waals surface area (Å²) < 4.78 is 0. The van der Waals surface area contributed by atoms with Gasteiger partial charge in [-0.05, 0) is 12.1 Å². The minimum atomic E-state index is -0.870. The first-order chi connectivity index (χ1) is 9.01. The molecule has 0 bridgehead atoms. The number of nitro benzene ring substituents is 1. The van der Waals surface area contributed by atoms with Gasteiger partial charge in [-0.1, -0.05) is 0 Å². The number of carboxylic acid groups (broad SMARTS) is 1. The molecule has 0 atom stereocenters. The van der Waals surface area contributed by atoms with Crippen LogP contribution < -0.4 is 4.90 Å². The van der Waals surface area contributed by atoms with Crippen molar-refractivity contribution in [3.8, 4) is 6.07 Å². The molecule has 0 unspecified atom stereocenters. The Kier molecular flexibility index (Phi) is 3.33. The van der Waals surface area contributed by atoms with Crippen molar-refractivity contribution in [3.63, 3.8) is 0 Å². The number of hydrogen-bond acceptors (Lipinski definition) is 5. The third-order valence-electron chi connectivity index (χ3n) is 3.06. The lowest BCUT2D eigenvalue weighted by molar-refractivity contribution is -0.384. The van der Waals surface area contributed by atoms with E-state index in [2.05, 4.69) is 0 Å². The van der Waals surface area contributed by atoms with Gasteiger partial charge in [-0.2, -0.15) is 5.26 Å². The van der Waals surface area contributed by atoms with E-state index >= 15 is 0 Å². The van der Waals surface area contributed by atoms with Crippen LogP contribution in [0.5, 0.6) is 0 Å². The Morgan fingerprint density at radius 3 is 2.79 bits per heavy atom. The van der Waals surface area contributed by atoms with Gasteiger partial charge < -0.3 is 10.0 Å². The highest BCUT2D eigenvalue weighted by Gasteiger charge is 2.32. The molecule has 1 aromatic rings. The minimum absolute atomic E-state index is 0.00264. The fourth-order valence-electron chi connectivity index (χ4n) is 2.14. The van der Waals surface area contributed by atoms with E-state index in [1.165, 1.54) is 18.2 Å². The third kappa shape index (κ3) is 2.63. The monoisotopic (exact) mass is 261 g/mol. The number of hydrogen-bond donors (Lipinski definition) is 1. The van der Waals surface area contributed by atoms with Gasteiger partial charge in [0.15, 0.2) is 0 Å². The van der Waals surface area contributed by atoms with Crippen LogP contribution >= 0.6 is 0 Å². The molecule has 0 spiro atoms. The van der Waals surface area contributed by atoms with Crippen LogP contribution in [0.15, 0.2) is 18.2 Å². The van der Waals surface area contributed by atoms with Crippen molar-refractivity contribution in [2.45, 2.75) is 6.42 Å². The standard InChI is InChI=1S/C12H11N3O4/c13-5-8-1-2-10(15(18)19)11(3-8)14-6-9(7-14)4-12(16)17/h1-3,9H,4,6-7H2,(H,16,17). The quantitative estimate of drug-likeness (QED) is 0.648. The second-order valence-electron chi connectivity index (χ2n) is 4.44. The first-order valence-corrected chi connectivity index (χ1v) is 5.66. The molecule has 1 aliphatic heterocycles. The molecule has 1 fully saturated rings. The Labute approximate surface area is 108 Å². The van der Waals surface area contributed by atoms with E-state index in [0.29, 0.717) is 24.3 Å². The normalized spacial score (nSPS) is 14.6. The van der Waals surface area contributed by atoms with Crippen LogP contribution in [0.1, 0.15) is 12.0 Å². The maximum absolute atomic E-state index is 10.9. The summed E-state index contributed by atoms with van der Waals surface area (Å²) in [6, 6.07) is 6.11. The molecule has 0 radical (unpaired) electrons. The largest absolute Gasteiger partial charge is 0.481 e. The summed E-state index contributed by atoms with van der Waals surface area (Å²) >= 11 is 0. The molecule has 0 aromatic heterocycles. The maximum Gasteiger partial charge on any atom is 0.303 e. The number of benzene rings is 1. The van der Waals surface area contributed by atoms with Gasteiger partial charge in [0.2, 0.25) is 0 Å². The summed E-state index contributed by atoms with van der Waals surface area (Å²) in [5.74, 6) is -0.868. The summed E-state index contributed by atoms with van der Waals surface area (Å²) in [7, 11) is 0. The number of nitriles is 1. The number of carboxylic acids is 1. The smallest absolute Gasteiger partial charge is 0.303 e. The number of nitro groups is 1. The molecule has 0 amide bonds. The average Bonchev–Trinajstić information content (AvgIpc) is 2.32. The van der Waals surface area contributed by atoms with Crippen molar-refractivity contribution in [2.75, 3.05) is 18.0 Å². The second-order valence-corrected chi connectivity index (χ2v) is 4.44. The fraction of sp³-hybridized carbons (Fsp3) is 0.333. The van der Waals surface area contributed by atoms with Crippen LogP contribution in [-0.2, 0) is 4.79 Å². The summed E-state index contributed by atoms with van der Waals surface area (Å²) in [4.78, 5) is 22.7. The lowest BCUT2D eigenvalue weighted by atomic mass is 9.95. The van der Waals surface area contributed by atoms with E-state index in [9.17, 15) is 14.9 Å². The van der Waals surface area contributed by atoms with Gasteiger partial charge in [0.1, 0.15) is 5.69 Å². The summed E-state index contributed by atoms with van der Waals surface area (Å²) in [6.45, 7) is 0.921. The maximum atomic E-state index is 10.9. The van der Waals surface area contributed by atoms with E-state index in [0.717, 1.165) is 0 Å². The van der Waals surface area contributed by atoms with Crippen molar-refractivity contribution in [1.82, 2.24) is 0 Å². The Hall–Kier alpha value is -2.62. The Morgan fingerprint density at radius 1 is 1.58 bits per heavy atom. The molecular weight excluding hydrogens is 250 g/mol. The molecule has 0 saturated carbocycles. The number of rotatable bonds is 4. The zero-order valence-electron chi connectivity index (χ0n) is 9.94. The third-order valence-corrected chi connectivity index (χ3v) is 3.06. The average molecular weight is 261 g/mol. The van der Waals surface area contributed by atoms with Crippen LogP contribution in [0.2, 0.25) is 0 Å². The molecule has 7 heteroatoms. The zero-order chi connectivity index (χ0) is 14.0. The molecule has 1 N–H and O–H groups in total. The minimum Gasteiger partial charge on any atom is -0.481 e. The van der Waals surface area contributed by atoms with Gasteiger partial charge in [-0.15, -0.1) is 0 Å². The molecular formula is C12H11N3O4. The fourth-order valence-corrected chi connectivity index (χ4v) is 2.14. The molecule has 7 nitrogen and oxygen atoms in total. The summed E-state index contributed by atoms with van der Waals surface area (Å²) in [6.07, 6.45) is 0.0578. The lowest BCUT2D eigenvalue weighted by Crippen LogP contribution is -2.47. The van der Waals surface area contributed by atoms with Crippen LogP contribution in [0, 0.1) is 27.4 Å². The summed E-state index contributed by atoms with van der Waals surface area (Å²) in [5.41, 5.74) is 0.667. The van der Waals surface area contributed by atoms with Crippen LogP contribution in [-0.4, -0.2) is 29.1 Å². The molecule has 98 valence electrons. The van der Waals surface area contributed by atoms with E-state index < -0.39 is 10.9 Å². The van der Waals surface area contributed by atoms with Gasteiger partial charge in [0.05, 0.1) is 23.0 Å². The number of nitrogens with zero attached hydrogens (tertiary/aromatic N) is 3. The number of carbonyl (C=O) groups is 1. The van der Waals surface area contributed by atoms with Crippen molar-refractivity contribution in [2.24, 2.45) is 5.92 Å². The van der Waals surface area contributed by atoms with Gasteiger partial charge >= 0.3 is 5.97 Å². The first kappa shape index (κ1) is 12.8. The van der Waals surface area contributed by atoms with Gasteiger partial charge in [0, 0.05) is 25.1 Å². The highest BCUT2D eigenvalue weighted by Crippen LogP contribution is 2.34. The predicted molar refractivity (Wildman–Crippen MR) is 65.8 cm³/mol. The first-order valence-electron chi connectivity index (χ1n) is 5.66. The lowest BCUT2D eigenvalue weighted by Gasteiger charge is -2.40. The molecule has 19 heavy (non-hydrogen) atoms. The van der Waals surface area contributed by atoms with Gasteiger partial charge in [-0.3, -0.25) is 14.9 Å². The molecule has 1 heterocycles. The predicted octanol–water partition coefficient (Wildman–Crippen LogP) is 1.38. The Morgan fingerprint density at radius 2 is 2.26 bits per heavy atom. The van der Waals surface area contributed by atoms with Crippen molar-refractivity contribution >= 4 is 17.3 Å². The topological polar surface area (TPSA) is 107 Å².